The SMILES string of the molecule is C=N/C(=C\C)OCCNC1CCCCC1. The molecule has 0 aromatic heterocycles. The lowest BCUT2D eigenvalue weighted by atomic mass is 9.96. The van der Waals surface area contributed by atoms with Crippen molar-refractivity contribution >= 4 is 6.72 Å². The minimum absolute atomic E-state index is 0.625. The second-order valence-corrected chi connectivity index (χ2v) is 3.92. The Morgan fingerprint density at radius 1 is 1.47 bits per heavy atom. The first-order valence-corrected chi connectivity index (χ1v) is 5.86. The normalized spacial score (nSPS) is 18.9. The third-order valence-corrected chi connectivity index (χ3v) is 2.79. The predicted octanol–water partition coefficient (Wildman–Crippen LogP) is 2.49. The lowest BCUT2D eigenvalue weighted by Crippen LogP contribution is -2.33. The zero-order valence-corrected chi connectivity index (χ0v) is 9.67. The summed E-state index contributed by atoms with van der Waals surface area (Å²) < 4.78 is 5.40. The highest BCUT2D eigenvalue weighted by Crippen LogP contribution is 2.16. The number of ether oxygens (including phenoxy) is 1. The van der Waals surface area contributed by atoms with Gasteiger partial charge in [-0.1, -0.05) is 19.3 Å². The van der Waals surface area contributed by atoms with Crippen molar-refractivity contribution in [2.45, 2.75) is 45.1 Å². The predicted molar refractivity (Wildman–Crippen MR) is 64.1 cm³/mol. The molecular weight excluding hydrogens is 188 g/mol. The summed E-state index contributed by atoms with van der Waals surface area (Å²) in [6.07, 6.45) is 8.59. The van der Waals surface area contributed by atoms with Gasteiger partial charge in [0, 0.05) is 12.6 Å². The maximum atomic E-state index is 5.40. The molecule has 0 heterocycles. The van der Waals surface area contributed by atoms with Crippen molar-refractivity contribution in [2.75, 3.05) is 13.2 Å². The van der Waals surface area contributed by atoms with Gasteiger partial charge in [0.2, 0.25) is 5.88 Å². The quantitative estimate of drug-likeness (QED) is 0.415. The summed E-state index contributed by atoms with van der Waals surface area (Å²) in [7, 11) is 0. The molecule has 0 radical (unpaired) electrons. The molecule has 1 fully saturated rings. The van der Waals surface area contributed by atoms with Crippen molar-refractivity contribution in [3.8, 4) is 0 Å². The Labute approximate surface area is 92.6 Å². The Morgan fingerprint density at radius 3 is 2.80 bits per heavy atom. The van der Waals surface area contributed by atoms with Gasteiger partial charge in [0.25, 0.3) is 0 Å². The molecule has 3 heteroatoms. The van der Waals surface area contributed by atoms with Crippen LogP contribution in [0.25, 0.3) is 0 Å². The number of allylic oxidation sites excluding steroid dienone is 1. The molecule has 0 aromatic rings. The lowest BCUT2D eigenvalue weighted by Gasteiger charge is -2.22. The summed E-state index contributed by atoms with van der Waals surface area (Å²) in [6.45, 7) is 6.91. The van der Waals surface area contributed by atoms with Gasteiger partial charge in [-0.25, -0.2) is 4.99 Å². The van der Waals surface area contributed by atoms with Gasteiger partial charge >= 0.3 is 0 Å². The highest BCUT2D eigenvalue weighted by molar-refractivity contribution is 5.27. The molecule has 0 unspecified atom stereocenters. The molecule has 0 saturated heterocycles. The van der Waals surface area contributed by atoms with E-state index in [1.54, 1.807) is 0 Å². The standard InChI is InChI=1S/C12H22N2O/c1-3-12(13-2)15-10-9-14-11-7-5-4-6-8-11/h3,11,14H,2,4-10H2,1H3/b12-3+. The van der Waals surface area contributed by atoms with E-state index in [0.29, 0.717) is 18.5 Å². The van der Waals surface area contributed by atoms with Gasteiger partial charge in [-0.15, -0.1) is 0 Å². The first kappa shape index (κ1) is 12.2. The average molecular weight is 210 g/mol. The highest BCUT2D eigenvalue weighted by Gasteiger charge is 2.11. The molecule has 86 valence electrons. The first-order valence-electron chi connectivity index (χ1n) is 5.86. The summed E-state index contributed by atoms with van der Waals surface area (Å²) in [5, 5.41) is 3.51. The summed E-state index contributed by atoms with van der Waals surface area (Å²) >= 11 is 0. The molecule has 0 spiro atoms. The topological polar surface area (TPSA) is 33.6 Å². The number of aliphatic imine (C=N–C) groups is 1. The number of hydrogen-bond donors (Lipinski definition) is 1. The summed E-state index contributed by atoms with van der Waals surface area (Å²) in [5.41, 5.74) is 0. The Hall–Kier alpha value is -0.830. The Kier molecular flexibility index (Phi) is 6.09. The largest absolute Gasteiger partial charge is 0.477 e. The van der Waals surface area contributed by atoms with Gasteiger partial charge < -0.3 is 10.1 Å². The van der Waals surface area contributed by atoms with Crippen molar-refractivity contribution in [1.82, 2.24) is 5.32 Å². The van der Waals surface area contributed by atoms with Gasteiger partial charge in [-0.05, 0) is 32.6 Å². The molecule has 3 nitrogen and oxygen atoms in total. The van der Waals surface area contributed by atoms with E-state index in [4.69, 9.17) is 4.74 Å². The van der Waals surface area contributed by atoms with E-state index in [1.165, 1.54) is 32.1 Å². The lowest BCUT2D eigenvalue weighted by molar-refractivity contribution is 0.202. The Bertz CT molecular complexity index is 208. The fourth-order valence-corrected chi connectivity index (χ4v) is 1.95. The third kappa shape index (κ3) is 4.98. The summed E-state index contributed by atoms with van der Waals surface area (Å²) in [6, 6.07) is 0.702. The van der Waals surface area contributed by atoms with Gasteiger partial charge in [0.15, 0.2) is 0 Å². The fraction of sp³-hybridized carbons (Fsp3) is 0.750. The second kappa shape index (κ2) is 7.46. The number of nitrogens with zero attached hydrogens (tertiary/aromatic N) is 1. The van der Waals surface area contributed by atoms with Gasteiger partial charge in [0.1, 0.15) is 6.61 Å². The monoisotopic (exact) mass is 210 g/mol. The zero-order valence-electron chi connectivity index (χ0n) is 9.67. The van der Waals surface area contributed by atoms with E-state index in [2.05, 4.69) is 17.0 Å². The van der Waals surface area contributed by atoms with Crippen LogP contribution in [0.5, 0.6) is 0 Å². The summed E-state index contributed by atoms with van der Waals surface area (Å²) in [5.74, 6) is 0.625. The van der Waals surface area contributed by atoms with Crippen LogP contribution in [0.4, 0.5) is 0 Å². The molecule has 1 N–H and O–H groups in total. The van der Waals surface area contributed by atoms with Gasteiger partial charge in [0.05, 0.1) is 0 Å². The molecule has 0 aromatic carbocycles. The van der Waals surface area contributed by atoms with Gasteiger partial charge in [-0.3, -0.25) is 0 Å². The minimum Gasteiger partial charge on any atom is -0.477 e. The minimum atomic E-state index is 0.625. The molecule has 1 aliphatic carbocycles. The van der Waals surface area contributed by atoms with Crippen LogP contribution in [0.1, 0.15) is 39.0 Å². The van der Waals surface area contributed by atoms with Crippen LogP contribution in [0.15, 0.2) is 17.0 Å². The molecule has 1 saturated carbocycles. The van der Waals surface area contributed by atoms with Crippen LogP contribution in [0, 0.1) is 0 Å². The van der Waals surface area contributed by atoms with Crippen molar-refractivity contribution in [1.29, 1.82) is 0 Å². The maximum absolute atomic E-state index is 5.40. The van der Waals surface area contributed by atoms with Crippen LogP contribution in [0.3, 0.4) is 0 Å². The number of rotatable bonds is 6. The Balaban J connectivity index is 2.03. The van der Waals surface area contributed by atoms with E-state index in [9.17, 15) is 0 Å². The van der Waals surface area contributed by atoms with Crippen molar-refractivity contribution in [3.05, 3.63) is 12.0 Å². The number of nitrogens with one attached hydrogen (secondary N) is 1. The van der Waals surface area contributed by atoms with E-state index in [-0.39, 0.29) is 0 Å². The average Bonchev–Trinajstić information content (AvgIpc) is 2.31. The maximum Gasteiger partial charge on any atom is 0.208 e. The zero-order chi connectivity index (χ0) is 10.9. The highest BCUT2D eigenvalue weighted by atomic mass is 16.5. The van der Waals surface area contributed by atoms with E-state index >= 15 is 0 Å². The van der Waals surface area contributed by atoms with E-state index in [0.717, 1.165) is 6.54 Å². The van der Waals surface area contributed by atoms with Crippen LogP contribution >= 0.6 is 0 Å². The first-order chi connectivity index (χ1) is 7.36. The van der Waals surface area contributed by atoms with Crippen molar-refractivity contribution < 1.29 is 4.74 Å². The molecule has 0 atom stereocenters. The number of hydrogen-bond acceptors (Lipinski definition) is 3. The molecule has 0 amide bonds. The smallest absolute Gasteiger partial charge is 0.208 e. The van der Waals surface area contributed by atoms with Gasteiger partial charge in [-0.2, -0.15) is 0 Å². The fourth-order valence-electron chi connectivity index (χ4n) is 1.95. The molecule has 15 heavy (non-hydrogen) atoms. The van der Waals surface area contributed by atoms with E-state index in [1.807, 2.05) is 13.0 Å². The van der Waals surface area contributed by atoms with Crippen molar-refractivity contribution in [3.63, 3.8) is 0 Å². The molecule has 0 bridgehead atoms. The summed E-state index contributed by atoms with van der Waals surface area (Å²) in [4.78, 5) is 3.75. The third-order valence-electron chi connectivity index (χ3n) is 2.79. The van der Waals surface area contributed by atoms with Crippen LogP contribution in [-0.4, -0.2) is 25.9 Å². The Morgan fingerprint density at radius 2 is 2.20 bits per heavy atom. The van der Waals surface area contributed by atoms with Crippen LogP contribution in [0.2, 0.25) is 0 Å². The molecule has 1 aliphatic rings. The van der Waals surface area contributed by atoms with Crippen molar-refractivity contribution in [2.24, 2.45) is 4.99 Å². The molecule has 0 aliphatic heterocycles. The van der Waals surface area contributed by atoms with Crippen LogP contribution < -0.4 is 5.32 Å². The molecule has 1 rings (SSSR count). The van der Waals surface area contributed by atoms with Crippen LogP contribution in [-0.2, 0) is 4.74 Å². The second-order valence-electron chi connectivity index (χ2n) is 3.92. The van der Waals surface area contributed by atoms with E-state index < -0.39 is 0 Å². The molecular formula is C12H22N2O.